The Balaban J connectivity index is 1.66. The molecule has 1 aliphatic heterocycles. The normalized spacial score (nSPS) is 14.8. The third-order valence-electron chi connectivity index (χ3n) is 4.96. The standard InChI is InChI=1S/C24H26N2O5S/c1-5-10-26-23(28)21(32-24(26)29)13-17-7-9-19(20(12-17)30-4)31-14-22(27)25-18-8-6-15(2)16(3)11-18/h6-9,11-13H,5,10,14H2,1-4H3,(H,25,27)/b21-13+. The van der Waals surface area contributed by atoms with Crippen molar-refractivity contribution in [2.24, 2.45) is 0 Å². The molecule has 7 nitrogen and oxygen atoms in total. The van der Waals surface area contributed by atoms with Gasteiger partial charge in [0.1, 0.15) is 0 Å². The van der Waals surface area contributed by atoms with Crippen LogP contribution in [-0.2, 0) is 9.59 Å². The molecule has 0 saturated carbocycles. The molecule has 1 N–H and O–H groups in total. The lowest BCUT2D eigenvalue weighted by Gasteiger charge is -2.12. The summed E-state index contributed by atoms with van der Waals surface area (Å²) < 4.78 is 11.0. The lowest BCUT2D eigenvalue weighted by molar-refractivity contribution is -0.122. The van der Waals surface area contributed by atoms with Crippen LogP contribution in [0.1, 0.15) is 30.0 Å². The Labute approximate surface area is 191 Å². The van der Waals surface area contributed by atoms with E-state index in [1.165, 1.54) is 12.0 Å². The second-order valence-electron chi connectivity index (χ2n) is 7.38. The predicted molar refractivity (Wildman–Crippen MR) is 126 cm³/mol. The maximum absolute atomic E-state index is 12.4. The molecule has 32 heavy (non-hydrogen) atoms. The van der Waals surface area contributed by atoms with Gasteiger partial charge in [0, 0.05) is 12.2 Å². The smallest absolute Gasteiger partial charge is 0.293 e. The molecule has 3 amide bonds. The number of thioether (sulfide) groups is 1. The monoisotopic (exact) mass is 454 g/mol. The molecule has 0 spiro atoms. The van der Waals surface area contributed by atoms with E-state index in [0.29, 0.717) is 40.6 Å². The zero-order valence-electron chi connectivity index (χ0n) is 18.6. The average molecular weight is 455 g/mol. The molecule has 168 valence electrons. The van der Waals surface area contributed by atoms with Crippen molar-refractivity contribution in [2.45, 2.75) is 27.2 Å². The molecule has 1 saturated heterocycles. The van der Waals surface area contributed by atoms with Crippen molar-refractivity contribution in [3.8, 4) is 11.5 Å². The largest absolute Gasteiger partial charge is 0.493 e. The van der Waals surface area contributed by atoms with Crippen LogP contribution in [0.4, 0.5) is 10.5 Å². The molecule has 0 atom stereocenters. The molecule has 2 aromatic carbocycles. The fraction of sp³-hybridized carbons (Fsp3) is 0.292. The summed E-state index contributed by atoms with van der Waals surface area (Å²) in [6.45, 7) is 6.13. The van der Waals surface area contributed by atoms with Crippen LogP contribution < -0.4 is 14.8 Å². The number of nitrogens with one attached hydrogen (secondary N) is 1. The van der Waals surface area contributed by atoms with E-state index in [4.69, 9.17) is 9.47 Å². The summed E-state index contributed by atoms with van der Waals surface area (Å²) in [4.78, 5) is 38.3. The van der Waals surface area contributed by atoms with Gasteiger partial charge in [0.25, 0.3) is 17.1 Å². The predicted octanol–water partition coefficient (Wildman–Crippen LogP) is 4.78. The highest BCUT2D eigenvalue weighted by Gasteiger charge is 2.34. The molecule has 0 unspecified atom stereocenters. The van der Waals surface area contributed by atoms with Gasteiger partial charge in [0.2, 0.25) is 0 Å². The molecule has 0 aliphatic carbocycles. The zero-order valence-corrected chi connectivity index (χ0v) is 19.4. The Bertz CT molecular complexity index is 1080. The number of aryl methyl sites for hydroxylation is 2. The SMILES string of the molecule is CCCN1C(=O)S/C(=C/c2ccc(OCC(=O)Nc3ccc(C)c(C)c3)c(OC)c2)C1=O. The minimum absolute atomic E-state index is 0.182. The van der Waals surface area contributed by atoms with Gasteiger partial charge in [-0.25, -0.2) is 0 Å². The van der Waals surface area contributed by atoms with Crippen LogP contribution in [0.5, 0.6) is 11.5 Å². The third kappa shape index (κ3) is 5.50. The quantitative estimate of drug-likeness (QED) is 0.578. The van der Waals surface area contributed by atoms with Crippen molar-refractivity contribution in [3.05, 3.63) is 58.0 Å². The van der Waals surface area contributed by atoms with Gasteiger partial charge in [-0.2, -0.15) is 0 Å². The molecular weight excluding hydrogens is 428 g/mol. The van der Waals surface area contributed by atoms with Gasteiger partial charge in [-0.1, -0.05) is 19.1 Å². The minimum Gasteiger partial charge on any atom is -0.493 e. The van der Waals surface area contributed by atoms with Crippen LogP contribution in [0, 0.1) is 13.8 Å². The summed E-state index contributed by atoms with van der Waals surface area (Å²) in [6.07, 6.45) is 2.36. The number of hydrogen-bond donors (Lipinski definition) is 1. The van der Waals surface area contributed by atoms with Crippen molar-refractivity contribution in [1.29, 1.82) is 0 Å². The highest BCUT2D eigenvalue weighted by atomic mass is 32.2. The fourth-order valence-electron chi connectivity index (χ4n) is 3.12. The maximum atomic E-state index is 12.4. The summed E-state index contributed by atoms with van der Waals surface area (Å²) in [5.74, 6) is 0.248. The topological polar surface area (TPSA) is 84.9 Å². The molecule has 3 rings (SSSR count). The molecule has 8 heteroatoms. The van der Waals surface area contributed by atoms with E-state index in [0.717, 1.165) is 22.9 Å². The molecule has 1 aliphatic rings. The molecule has 0 aromatic heterocycles. The number of methoxy groups -OCH3 is 1. The van der Waals surface area contributed by atoms with E-state index in [1.54, 1.807) is 24.3 Å². The molecule has 2 aromatic rings. The molecule has 1 heterocycles. The maximum Gasteiger partial charge on any atom is 0.293 e. The van der Waals surface area contributed by atoms with Crippen LogP contribution in [0.25, 0.3) is 6.08 Å². The number of anilines is 1. The van der Waals surface area contributed by atoms with Crippen molar-refractivity contribution in [2.75, 3.05) is 25.6 Å². The summed E-state index contributed by atoms with van der Waals surface area (Å²) in [7, 11) is 1.50. The lowest BCUT2D eigenvalue weighted by Crippen LogP contribution is -2.28. The number of amides is 3. The number of carbonyl (C=O) groups is 3. The van der Waals surface area contributed by atoms with E-state index in [1.807, 2.05) is 39.0 Å². The Hall–Kier alpha value is -3.26. The third-order valence-corrected chi connectivity index (χ3v) is 5.86. The van der Waals surface area contributed by atoms with Crippen molar-refractivity contribution in [3.63, 3.8) is 0 Å². The first kappa shape index (κ1) is 23.4. The Morgan fingerprint density at radius 3 is 2.56 bits per heavy atom. The first-order valence-electron chi connectivity index (χ1n) is 10.3. The fourth-order valence-corrected chi connectivity index (χ4v) is 3.99. The van der Waals surface area contributed by atoms with Crippen LogP contribution in [0.2, 0.25) is 0 Å². The number of ether oxygens (including phenoxy) is 2. The van der Waals surface area contributed by atoms with Crippen LogP contribution in [0.15, 0.2) is 41.3 Å². The first-order valence-corrected chi connectivity index (χ1v) is 11.1. The van der Waals surface area contributed by atoms with Crippen molar-refractivity contribution >= 4 is 40.6 Å². The van der Waals surface area contributed by atoms with Crippen LogP contribution in [0.3, 0.4) is 0 Å². The summed E-state index contributed by atoms with van der Waals surface area (Å²) >= 11 is 0.925. The number of rotatable bonds is 8. The highest BCUT2D eigenvalue weighted by molar-refractivity contribution is 8.18. The number of benzene rings is 2. The van der Waals surface area contributed by atoms with Gasteiger partial charge in [-0.05, 0) is 79.1 Å². The minimum atomic E-state index is -0.288. The van der Waals surface area contributed by atoms with Gasteiger partial charge < -0.3 is 14.8 Å². The summed E-state index contributed by atoms with van der Waals surface area (Å²) in [5, 5.41) is 2.55. The second kappa shape index (κ2) is 10.4. The molecule has 1 fully saturated rings. The highest BCUT2D eigenvalue weighted by Crippen LogP contribution is 2.34. The van der Waals surface area contributed by atoms with E-state index >= 15 is 0 Å². The van der Waals surface area contributed by atoms with Crippen LogP contribution in [-0.4, -0.2) is 42.2 Å². The second-order valence-corrected chi connectivity index (χ2v) is 8.37. The molecule has 0 bridgehead atoms. The Morgan fingerprint density at radius 2 is 1.88 bits per heavy atom. The van der Waals surface area contributed by atoms with Gasteiger partial charge in [-0.3, -0.25) is 19.3 Å². The number of hydrogen-bond acceptors (Lipinski definition) is 6. The van der Waals surface area contributed by atoms with Gasteiger partial charge in [0.15, 0.2) is 18.1 Å². The summed E-state index contributed by atoms with van der Waals surface area (Å²) in [6, 6.07) is 10.8. The van der Waals surface area contributed by atoms with Gasteiger partial charge in [0.05, 0.1) is 12.0 Å². The molecular formula is C24H26N2O5S. The van der Waals surface area contributed by atoms with Crippen molar-refractivity contribution in [1.82, 2.24) is 4.90 Å². The van der Waals surface area contributed by atoms with Gasteiger partial charge >= 0.3 is 0 Å². The average Bonchev–Trinajstić information content (AvgIpc) is 3.03. The van der Waals surface area contributed by atoms with E-state index in [9.17, 15) is 14.4 Å². The lowest BCUT2D eigenvalue weighted by atomic mass is 10.1. The number of nitrogens with zero attached hydrogens (tertiary/aromatic N) is 1. The van der Waals surface area contributed by atoms with E-state index in [2.05, 4.69) is 5.32 Å². The Kier molecular flexibility index (Phi) is 7.58. The van der Waals surface area contributed by atoms with E-state index in [-0.39, 0.29) is 23.7 Å². The Morgan fingerprint density at radius 1 is 1.09 bits per heavy atom. The van der Waals surface area contributed by atoms with Gasteiger partial charge in [-0.15, -0.1) is 0 Å². The molecule has 0 radical (unpaired) electrons. The number of carbonyl (C=O) groups excluding carboxylic acids is 3. The van der Waals surface area contributed by atoms with Crippen molar-refractivity contribution < 1.29 is 23.9 Å². The zero-order chi connectivity index (χ0) is 23.3. The summed E-state index contributed by atoms with van der Waals surface area (Å²) in [5.41, 5.74) is 3.64. The first-order chi connectivity index (χ1) is 15.3. The van der Waals surface area contributed by atoms with E-state index < -0.39 is 0 Å². The van der Waals surface area contributed by atoms with Crippen LogP contribution >= 0.6 is 11.8 Å². The number of imide groups is 1.